The van der Waals surface area contributed by atoms with Gasteiger partial charge >= 0.3 is 12.6 Å². The minimum absolute atomic E-state index is 0.0121. The van der Waals surface area contributed by atoms with Crippen molar-refractivity contribution in [3.8, 4) is 5.75 Å². The van der Waals surface area contributed by atoms with E-state index in [0.29, 0.717) is 5.56 Å². The van der Waals surface area contributed by atoms with Crippen LogP contribution in [0.1, 0.15) is 69.8 Å². The Morgan fingerprint density at radius 1 is 1.07 bits per heavy atom. The average molecular weight is 413 g/mol. The molecule has 154 valence electrons. The number of ether oxygens (including phenoxy) is 3. The van der Waals surface area contributed by atoms with Gasteiger partial charge in [-0.05, 0) is 49.7 Å². The summed E-state index contributed by atoms with van der Waals surface area (Å²) >= 11 is 6.23. The number of carbonyl (C=O) groups is 1. The minimum Gasteiger partial charge on any atom is -0.450 e. The lowest BCUT2D eigenvalue weighted by Gasteiger charge is -2.52. The van der Waals surface area contributed by atoms with Crippen LogP contribution in [0.25, 0.3) is 0 Å². The van der Waals surface area contributed by atoms with E-state index in [4.69, 9.17) is 30.9 Å². The first-order chi connectivity index (χ1) is 13.5. The number of carboxylic acid groups (broad SMARTS) is 1. The average Bonchev–Trinajstić information content (AvgIpc) is 2.69. The van der Waals surface area contributed by atoms with Crippen molar-refractivity contribution in [3.63, 3.8) is 0 Å². The number of fused-ring (bicyclic) bond motifs is 1. The van der Waals surface area contributed by atoms with Gasteiger partial charge in [-0.1, -0.05) is 50.1 Å². The lowest BCUT2D eigenvalue weighted by atomic mass is 9.63. The van der Waals surface area contributed by atoms with Crippen LogP contribution in [-0.2, 0) is 15.1 Å². The Hall–Kier alpha value is -1.53. The van der Waals surface area contributed by atoms with Crippen LogP contribution in [0.4, 0.5) is 9.18 Å². The molecule has 0 bridgehead atoms. The van der Waals surface area contributed by atoms with Gasteiger partial charge in [0.05, 0.1) is 0 Å². The largest absolute Gasteiger partial charge is 0.510 e. The second-order valence-electron chi connectivity index (χ2n) is 8.14. The van der Waals surface area contributed by atoms with Crippen molar-refractivity contribution in [3.05, 3.63) is 28.5 Å². The molecular weight excluding hydrogens is 387 g/mol. The molecule has 4 rings (SSSR count). The second-order valence-corrected chi connectivity index (χ2v) is 8.57. The van der Waals surface area contributed by atoms with Gasteiger partial charge in [-0.25, -0.2) is 9.18 Å². The molecule has 28 heavy (non-hydrogen) atoms. The van der Waals surface area contributed by atoms with Crippen molar-refractivity contribution in [2.75, 3.05) is 0 Å². The third-order valence-corrected chi connectivity index (χ3v) is 6.77. The third kappa shape index (κ3) is 3.57. The van der Waals surface area contributed by atoms with E-state index in [1.165, 1.54) is 18.9 Å². The molecule has 0 aromatic heterocycles. The van der Waals surface area contributed by atoms with Gasteiger partial charge in [-0.15, -0.1) is 0 Å². The summed E-state index contributed by atoms with van der Waals surface area (Å²) in [6, 6.07) is 2.93. The van der Waals surface area contributed by atoms with Gasteiger partial charge in [0.25, 0.3) is 0 Å². The molecular formula is C21H26ClFO5. The standard InChI is InChI=1S/C21H26ClFO5/c22-15-11-16-18(17(23)12-15)26-20(27-19(24)25)28-21(16,13-7-3-1-4-8-13)14-9-5-2-6-10-14/h11-14,20H,1-10H2,(H,24,25). The Morgan fingerprint density at radius 3 is 2.18 bits per heavy atom. The first-order valence-electron chi connectivity index (χ1n) is 10.2. The predicted molar refractivity (Wildman–Crippen MR) is 101 cm³/mol. The molecule has 1 unspecified atom stereocenters. The summed E-state index contributed by atoms with van der Waals surface area (Å²) in [5.74, 6) is -0.312. The Balaban J connectivity index is 1.87. The fraction of sp³-hybridized carbons (Fsp3) is 0.667. The van der Waals surface area contributed by atoms with Crippen molar-refractivity contribution in [1.82, 2.24) is 0 Å². The van der Waals surface area contributed by atoms with Gasteiger partial charge in [-0.2, -0.15) is 0 Å². The Morgan fingerprint density at radius 2 is 1.64 bits per heavy atom. The molecule has 3 aliphatic rings. The van der Waals surface area contributed by atoms with E-state index < -0.39 is 24.0 Å². The molecule has 1 N–H and O–H groups in total. The third-order valence-electron chi connectivity index (χ3n) is 6.56. The smallest absolute Gasteiger partial charge is 0.450 e. The number of benzene rings is 1. The highest BCUT2D eigenvalue weighted by atomic mass is 35.5. The molecule has 1 aromatic carbocycles. The maximum atomic E-state index is 14.9. The van der Waals surface area contributed by atoms with Crippen LogP contribution in [-0.4, -0.2) is 17.7 Å². The van der Waals surface area contributed by atoms with Crippen molar-refractivity contribution < 1.29 is 28.5 Å². The lowest BCUT2D eigenvalue weighted by molar-refractivity contribution is -0.324. The zero-order chi connectivity index (χ0) is 19.7. The van der Waals surface area contributed by atoms with Crippen LogP contribution in [0, 0.1) is 17.7 Å². The summed E-state index contributed by atoms with van der Waals surface area (Å²) in [5, 5.41) is 9.41. The van der Waals surface area contributed by atoms with Crippen LogP contribution < -0.4 is 4.74 Å². The Bertz CT molecular complexity index is 710. The minimum atomic E-state index is -1.51. The summed E-state index contributed by atoms with van der Waals surface area (Å²) in [7, 11) is 0. The van der Waals surface area contributed by atoms with E-state index in [-0.39, 0.29) is 22.6 Å². The zero-order valence-electron chi connectivity index (χ0n) is 15.8. The maximum absolute atomic E-state index is 14.9. The van der Waals surface area contributed by atoms with Crippen LogP contribution in [0.5, 0.6) is 5.75 Å². The molecule has 5 nitrogen and oxygen atoms in total. The molecule has 0 spiro atoms. The van der Waals surface area contributed by atoms with Crippen molar-refractivity contribution in [2.45, 2.75) is 76.3 Å². The number of hydrogen-bond acceptors (Lipinski definition) is 4. The molecule has 2 saturated carbocycles. The summed E-state index contributed by atoms with van der Waals surface area (Å²) in [4.78, 5) is 11.2. The SMILES string of the molecule is O=C(O)OC1Oc2c(F)cc(Cl)cc2C(C2CCCCC2)(C2CCCCC2)O1. The van der Waals surface area contributed by atoms with Gasteiger partial charge < -0.3 is 14.6 Å². The van der Waals surface area contributed by atoms with Crippen molar-refractivity contribution in [2.24, 2.45) is 11.8 Å². The van der Waals surface area contributed by atoms with Gasteiger partial charge in [-0.3, -0.25) is 4.74 Å². The molecule has 0 amide bonds. The highest BCUT2D eigenvalue weighted by Crippen LogP contribution is 2.57. The molecule has 7 heteroatoms. The Labute approximate surface area is 169 Å². The van der Waals surface area contributed by atoms with Crippen LogP contribution >= 0.6 is 11.6 Å². The highest BCUT2D eigenvalue weighted by molar-refractivity contribution is 6.30. The summed E-state index contributed by atoms with van der Waals surface area (Å²) < 4.78 is 31.6. The van der Waals surface area contributed by atoms with Crippen LogP contribution in [0.2, 0.25) is 5.02 Å². The van der Waals surface area contributed by atoms with Gasteiger partial charge in [0, 0.05) is 10.6 Å². The predicted octanol–water partition coefficient (Wildman–Crippen LogP) is 6.22. The molecule has 2 fully saturated rings. The van der Waals surface area contributed by atoms with Crippen molar-refractivity contribution >= 4 is 17.8 Å². The van der Waals surface area contributed by atoms with E-state index in [2.05, 4.69) is 0 Å². The number of rotatable bonds is 3. The molecule has 1 atom stereocenters. The highest BCUT2D eigenvalue weighted by Gasteiger charge is 2.55. The van der Waals surface area contributed by atoms with Crippen molar-refractivity contribution in [1.29, 1.82) is 0 Å². The fourth-order valence-electron chi connectivity index (χ4n) is 5.47. The van der Waals surface area contributed by atoms with Gasteiger partial charge in [0.1, 0.15) is 5.60 Å². The summed E-state index contributed by atoms with van der Waals surface area (Å²) in [6.07, 6.45) is 8.92. The Kier molecular flexibility index (Phi) is 5.70. The molecule has 2 aliphatic carbocycles. The first kappa shape index (κ1) is 19.8. The summed E-state index contributed by atoms with van der Waals surface area (Å²) in [5.41, 5.74) is -0.234. The van der Waals surface area contributed by atoms with E-state index in [9.17, 15) is 9.18 Å². The maximum Gasteiger partial charge on any atom is 0.510 e. The molecule has 1 aromatic rings. The van der Waals surface area contributed by atoms with Crippen LogP contribution in [0.15, 0.2) is 12.1 Å². The monoisotopic (exact) mass is 412 g/mol. The summed E-state index contributed by atoms with van der Waals surface area (Å²) in [6.45, 7) is -1.48. The van der Waals surface area contributed by atoms with Gasteiger partial charge in [0.2, 0.25) is 0 Å². The van der Waals surface area contributed by atoms with E-state index >= 15 is 0 Å². The molecule has 0 saturated heterocycles. The normalized spacial score (nSPS) is 25.6. The fourth-order valence-corrected chi connectivity index (χ4v) is 5.68. The number of hydrogen-bond donors (Lipinski definition) is 1. The van der Waals surface area contributed by atoms with Crippen LogP contribution in [0.3, 0.4) is 0 Å². The molecule has 1 aliphatic heterocycles. The number of halogens is 2. The van der Waals surface area contributed by atoms with E-state index in [0.717, 1.165) is 51.4 Å². The quantitative estimate of drug-likeness (QED) is 0.597. The topological polar surface area (TPSA) is 65.0 Å². The second kappa shape index (κ2) is 8.07. The van der Waals surface area contributed by atoms with E-state index in [1.54, 1.807) is 6.07 Å². The van der Waals surface area contributed by atoms with E-state index in [1.807, 2.05) is 0 Å². The zero-order valence-corrected chi connectivity index (χ0v) is 16.5. The molecule has 1 heterocycles. The molecule has 0 radical (unpaired) electrons. The van der Waals surface area contributed by atoms with Gasteiger partial charge in [0.15, 0.2) is 11.6 Å². The first-order valence-corrected chi connectivity index (χ1v) is 10.6. The lowest BCUT2D eigenvalue weighted by Crippen LogP contribution is -2.53.